The minimum atomic E-state index is -0.377. The molecular weight excluding hydrogens is 433 g/mol. The maximum absolute atomic E-state index is 13.2. The van der Waals surface area contributed by atoms with Crippen molar-refractivity contribution in [1.82, 2.24) is 0 Å². The van der Waals surface area contributed by atoms with Crippen LogP contribution in [0.3, 0.4) is 0 Å². The molecule has 0 atom stereocenters. The van der Waals surface area contributed by atoms with Gasteiger partial charge in [0.05, 0.1) is 16.6 Å². The highest BCUT2D eigenvalue weighted by molar-refractivity contribution is 9.10. The second-order valence-electron chi connectivity index (χ2n) is 5.85. The lowest BCUT2D eigenvalue weighted by Crippen LogP contribution is -2.03. The molecule has 0 amide bonds. The molecule has 0 aromatic heterocycles. The van der Waals surface area contributed by atoms with Gasteiger partial charge >= 0.3 is 0 Å². The number of ether oxygens (including phenoxy) is 2. The zero-order chi connectivity index (χ0) is 19.2. The van der Waals surface area contributed by atoms with E-state index >= 15 is 0 Å². The van der Waals surface area contributed by atoms with Crippen molar-refractivity contribution < 1.29 is 13.9 Å². The quantitative estimate of drug-likeness (QED) is 0.449. The van der Waals surface area contributed by atoms with E-state index in [9.17, 15) is 4.39 Å². The topological polar surface area (TPSA) is 30.5 Å². The van der Waals surface area contributed by atoms with E-state index in [1.165, 1.54) is 12.1 Å². The van der Waals surface area contributed by atoms with E-state index in [-0.39, 0.29) is 12.4 Å². The van der Waals surface area contributed by atoms with E-state index < -0.39 is 0 Å². The molecule has 0 radical (unpaired) electrons. The number of nitrogens with one attached hydrogen (secondary N) is 1. The first-order valence-corrected chi connectivity index (χ1v) is 9.46. The normalized spacial score (nSPS) is 10.5. The van der Waals surface area contributed by atoms with Gasteiger partial charge in [-0.15, -0.1) is 0 Å². The largest absolute Gasteiger partial charge is 0.493 e. The number of para-hydroxylation sites is 1. The molecule has 140 valence electrons. The van der Waals surface area contributed by atoms with Crippen molar-refractivity contribution in [2.24, 2.45) is 0 Å². The van der Waals surface area contributed by atoms with Gasteiger partial charge in [0.25, 0.3) is 0 Å². The van der Waals surface area contributed by atoms with Gasteiger partial charge in [-0.2, -0.15) is 0 Å². The summed E-state index contributed by atoms with van der Waals surface area (Å²) >= 11 is 9.61. The van der Waals surface area contributed by atoms with Crippen LogP contribution < -0.4 is 14.8 Å². The zero-order valence-electron chi connectivity index (χ0n) is 14.6. The van der Waals surface area contributed by atoms with E-state index in [2.05, 4.69) is 21.2 Å². The summed E-state index contributed by atoms with van der Waals surface area (Å²) < 4.78 is 25.3. The molecule has 0 heterocycles. The first kappa shape index (κ1) is 19.5. The Balaban J connectivity index is 1.73. The third kappa shape index (κ3) is 5.15. The summed E-state index contributed by atoms with van der Waals surface area (Å²) in [6.07, 6.45) is 0. The van der Waals surface area contributed by atoms with Crippen LogP contribution in [0.5, 0.6) is 11.5 Å². The summed E-state index contributed by atoms with van der Waals surface area (Å²) in [5.41, 5.74) is 2.77. The zero-order valence-corrected chi connectivity index (χ0v) is 17.0. The summed E-state index contributed by atoms with van der Waals surface area (Å²) in [5, 5.41) is 3.69. The molecule has 27 heavy (non-hydrogen) atoms. The van der Waals surface area contributed by atoms with E-state index in [4.69, 9.17) is 21.1 Å². The number of anilines is 1. The molecule has 3 aromatic carbocycles. The van der Waals surface area contributed by atoms with Crippen molar-refractivity contribution in [2.75, 3.05) is 12.4 Å². The fourth-order valence-corrected chi connectivity index (χ4v) is 3.39. The minimum absolute atomic E-state index is 0.204. The van der Waals surface area contributed by atoms with Crippen LogP contribution in [0, 0.1) is 5.82 Å². The van der Waals surface area contributed by atoms with Gasteiger partial charge in [0.1, 0.15) is 12.4 Å². The van der Waals surface area contributed by atoms with Gasteiger partial charge in [0, 0.05) is 17.8 Å². The molecule has 3 aromatic rings. The van der Waals surface area contributed by atoms with Crippen molar-refractivity contribution in [2.45, 2.75) is 13.2 Å². The molecule has 0 bridgehead atoms. The molecule has 0 aliphatic heterocycles. The maximum Gasteiger partial charge on any atom is 0.175 e. The molecular formula is C21H18BrClFNO2. The molecule has 0 aliphatic carbocycles. The molecule has 3 rings (SSSR count). The van der Waals surface area contributed by atoms with Crippen LogP contribution in [0.15, 0.2) is 65.1 Å². The Bertz CT molecular complexity index is 922. The Morgan fingerprint density at radius 1 is 1.07 bits per heavy atom. The van der Waals surface area contributed by atoms with Gasteiger partial charge in [-0.25, -0.2) is 4.39 Å². The Hall–Kier alpha value is -2.24. The van der Waals surface area contributed by atoms with Gasteiger partial charge in [0.15, 0.2) is 11.5 Å². The fraction of sp³-hybridized carbons (Fsp3) is 0.143. The van der Waals surface area contributed by atoms with Gasteiger partial charge < -0.3 is 14.8 Å². The van der Waals surface area contributed by atoms with E-state index in [1.54, 1.807) is 13.2 Å². The standard InChI is InChI=1S/C21H18BrClFNO2/c1-26-20-10-14(12-25-17-5-3-2-4-6-17)9-18(22)21(20)27-13-15-7-8-16(24)11-19(15)23/h2-11,25H,12-13H2,1H3. The third-order valence-electron chi connectivity index (χ3n) is 3.95. The van der Waals surface area contributed by atoms with Crippen molar-refractivity contribution in [3.63, 3.8) is 0 Å². The van der Waals surface area contributed by atoms with Crippen LogP contribution in [0.25, 0.3) is 0 Å². The molecule has 0 fully saturated rings. The summed E-state index contributed by atoms with van der Waals surface area (Å²) in [5.74, 6) is 0.798. The molecule has 0 unspecified atom stereocenters. The monoisotopic (exact) mass is 449 g/mol. The Morgan fingerprint density at radius 3 is 2.56 bits per heavy atom. The lowest BCUT2D eigenvalue weighted by atomic mass is 10.2. The fourth-order valence-electron chi connectivity index (χ4n) is 2.56. The lowest BCUT2D eigenvalue weighted by molar-refractivity contribution is 0.282. The molecule has 0 aliphatic rings. The number of benzene rings is 3. The minimum Gasteiger partial charge on any atom is -0.493 e. The summed E-state index contributed by atoms with van der Waals surface area (Å²) in [7, 11) is 1.59. The lowest BCUT2D eigenvalue weighted by Gasteiger charge is -2.15. The van der Waals surface area contributed by atoms with Crippen LogP contribution in [0.2, 0.25) is 5.02 Å². The molecule has 6 heteroatoms. The van der Waals surface area contributed by atoms with E-state index in [0.717, 1.165) is 15.7 Å². The summed E-state index contributed by atoms with van der Waals surface area (Å²) in [6.45, 7) is 0.846. The van der Waals surface area contributed by atoms with Crippen molar-refractivity contribution in [1.29, 1.82) is 0 Å². The molecule has 0 spiro atoms. The first-order chi connectivity index (χ1) is 13.1. The van der Waals surface area contributed by atoms with E-state index in [1.807, 2.05) is 42.5 Å². The number of hydrogen-bond donors (Lipinski definition) is 1. The van der Waals surface area contributed by atoms with Crippen LogP contribution in [0.1, 0.15) is 11.1 Å². The van der Waals surface area contributed by atoms with Crippen molar-refractivity contribution >= 4 is 33.2 Å². The van der Waals surface area contributed by atoms with Crippen LogP contribution >= 0.6 is 27.5 Å². The Morgan fingerprint density at radius 2 is 1.85 bits per heavy atom. The number of methoxy groups -OCH3 is 1. The van der Waals surface area contributed by atoms with Crippen molar-refractivity contribution in [3.05, 3.63) is 87.1 Å². The van der Waals surface area contributed by atoms with E-state index in [0.29, 0.717) is 28.6 Å². The highest BCUT2D eigenvalue weighted by Crippen LogP contribution is 2.37. The summed E-state index contributed by atoms with van der Waals surface area (Å²) in [4.78, 5) is 0. The second kappa shape index (κ2) is 9.11. The molecule has 1 N–H and O–H groups in total. The van der Waals surface area contributed by atoms with Crippen molar-refractivity contribution in [3.8, 4) is 11.5 Å². The predicted octanol–water partition coefficient (Wildman–Crippen LogP) is 6.44. The average Bonchev–Trinajstić information content (AvgIpc) is 2.67. The summed E-state index contributed by atoms with van der Waals surface area (Å²) in [6, 6.07) is 18.1. The molecule has 3 nitrogen and oxygen atoms in total. The Kier molecular flexibility index (Phi) is 6.58. The van der Waals surface area contributed by atoms with Crippen LogP contribution in [0.4, 0.5) is 10.1 Å². The van der Waals surface area contributed by atoms with Gasteiger partial charge in [-0.1, -0.05) is 35.9 Å². The SMILES string of the molecule is COc1cc(CNc2ccccc2)cc(Br)c1OCc1ccc(F)cc1Cl. The highest BCUT2D eigenvalue weighted by atomic mass is 79.9. The Labute approximate surface area is 171 Å². The maximum atomic E-state index is 13.2. The van der Waals surface area contributed by atoms with Gasteiger partial charge in [-0.05, 0) is 57.9 Å². The predicted molar refractivity (Wildman–Crippen MR) is 110 cm³/mol. The first-order valence-electron chi connectivity index (χ1n) is 8.29. The van der Waals surface area contributed by atoms with Gasteiger partial charge in [0.2, 0.25) is 0 Å². The third-order valence-corrected chi connectivity index (χ3v) is 4.89. The highest BCUT2D eigenvalue weighted by Gasteiger charge is 2.13. The number of rotatable bonds is 7. The molecule has 0 saturated carbocycles. The van der Waals surface area contributed by atoms with Crippen LogP contribution in [-0.2, 0) is 13.2 Å². The molecule has 0 saturated heterocycles. The second-order valence-corrected chi connectivity index (χ2v) is 7.11. The smallest absolute Gasteiger partial charge is 0.175 e. The number of halogens is 3. The van der Waals surface area contributed by atoms with Gasteiger partial charge in [-0.3, -0.25) is 0 Å². The van der Waals surface area contributed by atoms with Crippen LogP contribution in [-0.4, -0.2) is 7.11 Å². The average molecular weight is 451 g/mol. The number of hydrogen-bond acceptors (Lipinski definition) is 3.